The number of hydrogen-bond donors (Lipinski definition) is 1. The number of carbonyl (C=O) groups is 1. The van der Waals surface area contributed by atoms with E-state index in [2.05, 4.69) is 17.0 Å². The topological polar surface area (TPSA) is 49.6 Å². The standard InChI is InChI=1S/C16H27N3O/c1-14(12-17)11-16(20)19(10-9-18(2)3)13-15-7-5-4-6-8-15/h4-8,14H,9-13,17H2,1-3H3. The Morgan fingerprint density at radius 1 is 1.20 bits per heavy atom. The minimum Gasteiger partial charge on any atom is -0.337 e. The van der Waals surface area contributed by atoms with E-state index in [1.807, 2.05) is 44.1 Å². The average Bonchev–Trinajstić information content (AvgIpc) is 2.44. The van der Waals surface area contributed by atoms with Crippen molar-refractivity contribution in [2.24, 2.45) is 11.7 Å². The van der Waals surface area contributed by atoms with Gasteiger partial charge in [-0.2, -0.15) is 0 Å². The van der Waals surface area contributed by atoms with Gasteiger partial charge in [-0.05, 0) is 32.1 Å². The number of benzene rings is 1. The molecule has 0 aliphatic carbocycles. The Balaban J connectivity index is 2.66. The molecule has 1 rings (SSSR count). The molecule has 4 nitrogen and oxygen atoms in total. The van der Waals surface area contributed by atoms with Crippen molar-refractivity contribution in [2.75, 3.05) is 33.7 Å². The third-order valence-electron chi connectivity index (χ3n) is 3.31. The number of likely N-dealkylation sites (N-methyl/N-ethyl adjacent to an activating group) is 1. The van der Waals surface area contributed by atoms with Crippen LogP contribution in [0.2, 0.25) is 0 Å². The maximum atomic E-state index is 12.4. The number of nitrogens with zero attached hydrogens (tertiary/aromatic N) is 2. The van der Waals surface area contributed by atoms with Crippen molar-refractivity contribution in [3.63, 3.8) is 0 Å². The minimum absolute atomic E-state index is 0.189. The van der Waals surface area contributed by atoms with E-state index in [-0.39, 0.29) is 11.8 Å². The summed E-state index contributed by atoms with van der Waals surface area (Å²) in [7, 11) is 4.04. The summed E-state index contributed by atoms with van der Waals surface area (Å²) in [6, 6.07) is 10.1. The SMILES string of the molecule is CC(CN)CC(=O)N(CCN(C)C)Cc1ccccc1. The lowest BCUT2D eigenvalue weighted by atomic mass is 10.1. The van der Waals surface area contributed by atoms with Gasteiger partial charge >= 0.3 is 0 Å². The molecule has 4 heteroatoms. The monoisotopic (exact) mass is 277 g/mol. The van der Waals surface area contributed by atoms with Gasteiger partial charge in [0.2, 0.25) is 5.91 Å². The van der Waals surface area contributed by atoms with Crippen LogP contribution in [-0.4, -0.2) is 49.4 Å². The molecule has 1 atom stereocenters. The molecule has 0 saturated heterocycles. The van der Waals surface area contributed by atoms with E-state index >= 15 is 0 Å². The fraction of sp³-hybridized carbons (Fsp3) is 0.562. The van der Waals surface area contributed by atoms with Gasteiger partial charge in [-0.15, -0.1) is 0 Å². The van der Waals surface area contributed by atoms with Gasteiger partial charge in [-0.1, -0.05) is 37.3 Å². The largest absolute Gasteiger partial charge is 0.337 e. The fourth-order valence-electron chi connectivity index (χ4n) is 1.93. The molecule has 0 bridgehead atoms. The highest BCUT2D eigenvalue weighted by Gasteiger charge is 2.16. The molecule has 1 amide bonds. The fourth-order valence-corrected chi connectivity index (χ4v) is 1.93. The summed E-state index contributed by atoms with van der Waals surface area (Å²) >= 11 is 0. The number of carbonyl (C=O) groups excluding carboxylic acids is 1. The van der Waals surface area contributed by atoms with Gasteiger partial charge < -0.3 is 15.5 Å². The smallest absolute Gasteiger partial charge is 0.223 e. The Hall–Kier alpha value is -1.39. The molecule has 112 valence electrons. The van der Waals surface area contributed by atoms with E-state index in [0.717, 1.165) is 13.1 Å². The Morgan fingerprint density at radius 3 is 2.40 bits per heavy atom. The van der Waals surface area contributed by atoms with Crippen molar-refractivity contribution in [3.8, 4) is 0 Å². The van der Waals surface area contributed by atoms with Gasteiger partial charge in [-0.3, -0.25) is 4.79 Å². The molecule has 0 saturated carbocycles. The Morgan fingerprint density at radius 2 is 1.85 bits per heavy atom. The predicted molar refractivity (Wildman–Crippen MR) is 83.2 cm³/mol. The molecule has 0 aliphatic heterocycles. The molecule has 1 unspecified atom stereocenters. The summed E-state index contributed by atoms with van der Waals surface area (Å²) in [5.74, 6) is 0.425. The first kappa shape index (κ1) is 16.7. The molecular formula is C16H27N3O. The van der Waals surface area contributed by atoms with Crippen LogP contribution in [0.5, 0.6) is 0 Å². The summed E-state index contributed by atoms with van der Waals surface area (Å²) in [4.78, 5) is 16.4. The third-order valence-corrected chi connectivity index (χ3v) is 3.31. The van der Waals surface area contributed by atoms with Gasteiger partial charge in [0.05, 0.1) is 0 Å². The van der Waals surface area contributed by atoms with Crippen LogP contribution < -0.4 is 5.73 Å². The van der Waals surface area contributed by atoms with E-state index in [9.17, 15) is 4.79 Å². The lowest BCUT2D eigenvalue weighted by Gasteiger charge is -2.25. The van der Waals surface area contributed by atoms with Crippen molar-refractivity contribution < 1.29 is 4.79 Å². The molecule has 2 N–H and O–H groups in total. The highest BCUT2D eigenvalue weighted by Crippen LogP contribution is 2.09. The quantitative estimate of drug-likeness (QED) is 0.784. The number of hydrogen-bond acceptors (Lipinski definition) is 3. The lowest BCUT2D eigenvalue weighted by molar-refractivity contribution is -0.132. The van der Waals surface area contributed by atoms with Crippen molar-refractivity contribution >= 4 is 5.91 Å². The lowest BCUT2D eigenvalue weighted by Crippen LogP contribution is -2.37. The summed E-state index contributed by atoms with van der Waals surface area (Å²) in [6.07, 6.45) is 0.525. The maximum absolute atomic E-state index is 12.4. The van der Waals surface area contributed by atoms with Crippen LogP contribution in [0.15, 0.2) is 30.3 Å². The van der Waals surface area contributed by atoms with Crippen LogP contribution in [0.4, 0.5) is 0 Å². The molecule has 0 aromatic heterocycles. The van der Waals surface area contributed by atoms with E-state index in [4.69, 9.17) is 5.73 Å². The summed E-state index contributed by atoms with van der Waals surface area (Å²) < 4.78 is 0. The predicted octanol–water partition coefficient (Wildman–Crippen LogP) is 1.56. The Kier molecular flexibility index (Phi) is 7.26. The zero-order chi connectivity index (χ0) is 15.0. The van der Waals surface area contributed by atoms with Crippen molar-refractivity contribution in [1.29, 1.82) is 0 Å². The van der Waals surface area contributed by atoms with Crippen LogP contribution in [0.1, 0.15) is 18.9 Å². The maximum Gasteiger partial charge on any atom is 0.223 e. The highest BCUT2D eigenvalue weighted by atomic mass is 16.2. The van der Waals surface area contributed by atoms with E-state index in [1.165, 1.54) is 5.56 Å². The van der Waals surface area contributed by atoms with Crippen LogP contribution in [0.3, 0.4) is 0 Å². The zero-order valence-corrected chi connectivity index (χ0v) is 12.9. The van der Waals surface area contributed by atoms with Gasteiger partial charge in [0, 0.05) is 26.1 Å². The van der Waals surface area contributed by atoms with E-state index in [0.29, 0.717) is 19.5 Å². The summed E-state index contributed by atoms with van der Waals surface area (Å²) in [5, 5.41) is 0. The Bertz CT molecular complexity index is 392. The zero-order valence-electron chi connectivity index (χ0n) is 12.9. The number of amides is 1. The first-order valence-electron chi connectivity index (χ1n) is 7.19. The van der Waals surface area contributed by atoms with Gasteiger partial charge in [0.1, 0.15) is 0 Å². The second-order valence-corrected chi connectivity index (χ2v) is 5.65. The van der Waals surface area contributed by atoms with Crippen LogP contribution in [0, 0.1) is 5.92 Å². The second kappa shape index (κ2) is 8.72. The molecule has 1 aromatic carbocycles. The van der Waals surface area contributed by atoms with Crippen molar-refractivity contribution in [2.45, 2.75) is 19.9 Å². The van der Waals surface area contributed by atoms with Crippen molar-refractivity contribution in [1.82, 2.24) is 9.80 Å². The van der Waals surface area contributed by atoms with E-state index in [1.54, 1.807) is 0 Å². The molecule has 0 fully saturated rings. The first-order valence-corrected chi connectivity index (χ1v) is 7.19. The van der Waals surface area contributed by atoms with Crippen LogP contribution >= 0.6 is 0 Å². The highest BCUT2D eigenvalue weighted by molar-refractivity contribution is 5.76. The van der Waals surface area contributed by atoms with E-state index < -0.39 is 0 Å². The molecular weight excluding hydrogens is 250 g/mol. The summed E-state index contributed by atoms with van der Waals surface area (Å²) in [6.45, 7) is 4.86. The van der Waals surface area contributed by atoms with Crippen LogP contribution in [0.25, 0.3) is 0 Å². The van der Waals surface area contributed by atoms with Gasteiger partial charge in [0.25, 0.3) is 0 Å². The average molecular weight is 277 g/mol. The Labute approximate surface area is 122 Å². The normalized spacial score (nSPS) is 12.4. The first-order chi connectivity index (χ1) is 9.52. The molecule has 0 spiro atoms. The number of rotatable bonds is 8. The van der Waals surface area contributed by atoms with Gasteiger partial charge in [0.15, 0.2) is 0 Å². The molecule has 0 heterocycles. The van der Waals surface area contributed by atoms with Crippen LogP contribution in [-0.2, 0) is 11.3 Å². The number of nitrogens with two attached hydrogens (primary N) is 1. The minimum atomic E-state index is 0.189. The molecule has 0 aliphatic rings. The second-order valence-electron chi connectivity index (χ2n) is 5.65. The van der Waals surface area contributed by atoms with Gasteiger partial charge in [-0.25, -0.2) is 0 Å². The van der Waals surface area contributed by atoms with Crippen molar-refractivity contribution in [3.05, 3.63) is 35.9 Å². The molecule has 20 heavy (non-hydrogen) atoms. The molecule has 1 aromatic rings. The third kappa shape index (κ3) is 6.17. The molecule has 0 radical (unpaired) electrons. The summed E-state index contributed by atoms with van der Waals surface area (Å²) in [5.41, 5.74) is 6.78.